The summed E-state index contributed by atoms with van der Waals surface area (Å²) in [6.45, 7) is 1.56. The zero-order valence-corrected chi connectivity index (χ0v) is 8.07. The van der Waals surface area contributed by atoms with Gasteiger partial charge in [-0.05, 0) is 0 Å². The molecule has 6 heteroatoms. The number of carbonyl (C=O) groups is 2. The molecule has 2 amide bonds. The smallest absolute Gasteiger partial charge is 0.241 e. The first-order chi connectivity index (χ1) is 6.61. The topological polar surface area (TPSA) is 76.0 Å². The number of anilines is 1. The van der Waals surface area contributed by atoms with E-state index in [9.17, 15) is 9.59 Å². The largest absolute Gasteiger partial charge is 0.358 e. The second-order valence-corrected chi connectivity index (χ2v) is 2.78. The first-order valence-electron chi connectivity index (χ1n) is 4.12. The maximum absolute atomic E-state index is 11.0. The molecule has 6 nitrogen and oxygen atoms in total. The minimum Gasteiger partial charge on any atom is -0.358 e. The normalized spacial score (nSPS) is 9.57. The molecule has 14 heavy (non-hydrogen) atoms. The van der Waals surface area contributed by atoms with Gasteiger partial charge in [0.15, 0.2) is 0 Å². The second-order valence-electron chi connectivity index (χ2n) is 2.78. The quantitative estimate of drug-likeness (QED) is 0.689. The number of carbonyl (C=O) groups excluding carboxylic acids is 2. The molecule has 0 aliphatic carbocycles. The van der Waals surface area contributed by atoms with Crippen molar-refractivity contribution in [3.05, 3.63) is 12.4 Å². The van der Waals surface area contributed by atoms with Gasteiger partial charge in [-0.1, -0.05) is 0 Å². The molecule has 0 atom stereocenters. The lowest BCUT2D eigenvalue weighted by Gasteiger charge is -1.98. The summed E-state index contributed by atoms with van der Waals surface area (Å²) in [4.78, 5) is 21.6. The highest BCUT2D eigenvalue weighted by Crippen LogP contribution is 2.03. The Bertz CT molecular complexity index is 345. The molecule has 1 aromatic rings. The van der Waals surface area contributed by atoms with Crippen molar-refractivity contribution in [2.75, 3.05) is 12.4 Å². The molecule has 0 spiro atoms. The van der Waals surface area contributed by atoms with Crippen molar-refractivity contribution in [1.82, 2.24) is 15.1 Å². The number of nitrogens with zero attached hydrogens (tertiary/aromatic N) is 2. The van der Waals surface area contributed by atoms with Crippen molar-refractivity contribution in [3.63, 3.8) is 0 Å². The van der Waals surface area contributed by atoms with Crippen molar-refractivity contribution >= 4 is 17.5 Å². The van der Waals surface area contributed by atoms with E-state index < -0.39 is 0 Å². The third-order valence-corrected chi connectivity index (χ3v) is 1.54. The van der Waals surface area contributed by atoms with Gasteiger partial charge in [0.1, 0.15) is 6.54 Å². The summed E-state index contributed by atoms with van der Waals surface area (Å²) >= 11 is 0. The molecule has 0 radical (unpaired) electrons. The summed E-state index contributed by atoms with van der Waals surface area (Å²) in [6, 6.07) is 0. The monoisotopic (exact) mass is 196 g/mol. The lowest BCUT2D eigenvalue weighted by molar-refractivity contribution is -0.121. The first-order valence-corrected chi connectivity index (χ1v) is 4.12. The zero-order chi connectivity index (χ0) is 10.6. The molecule has 0 aromatic carbocycles. The van der Waals surface area contributed by atoms with Gasteiger partial charge in [-0.15, -0.1) is 0 Å². The third kappa shape index (κ3) is 2.89. The van der Waals surface area contributed by atoms with E-state index in [2.05, 4.69) is 15.7 Å². The van der Waals surface area contributed by atoms with Crippen molar-refractivity contribution in [1.29, 1.82) is 0 Å². The second kappa shape index (κ2) is 4.40. The van der Waals surface area contributed by atoms with Gasteiger partial charge in [-0.25, -0.2) is 0 Å². The highest BCUT2D eigenvalue weighted by molar-refractivity contribution is 5.88. The van der Waals surface area contributed by atoms with Crippen LogP contribution >= 0.6 is 0 Å². The standard InChI is InChI=1S/C8H12N4O2/c1-6(13)11-7-3-10-12(4-7)5-8(14)9-2/h3-4H,5H2,1-2H3,(H,9,14)(H,11,13). The Hall–Kier alpha value is -1.85. The average Bonchev–Trinajstić information content (AvgIpc) is 2.51. The number of likely N-dealkylation sites (N-methyl/N-ethyl adjacent to an activating group) is 1. The highest BCUT2D eigenvalue weighted by Gasteiger charge is 2.03. The predicted molar refractivity (Wildman–Crippen MR) is 50.6 cm³/mol. The molecule has 1 aromatic heterocycles. The van der Waals surface area contributed by atoms with Gasteiger partial charge < -0.3 is 10.6 Å². The number of aromatic nitrogens is 2. The lowest BCUT2D eigenvalue weighted by atomic mass is 10.5. The fourth-order valence-electron chi connectivity index (χ4n) is 0.944. The summed E-state index contributed by atoms with van der Waals surface area (Å²) < 4.78 is 1.45. The van der Waals surface area contributed by atoms with Gasteiger partial charge in [-0.3, -0.25) is 14.3 Å². The summed E-state index contributed by atoms with van der Waals surface area (Å²) in [5.41, 5.74) is 0.585. The molecule has 0 aliphatic heterocycles. The Kier molecular flexibility index (Phi) is 3.22. The molecular formula is C8H12N4O2. The maximum atomic E-state index is 11.0. The minimum absolute atomic E-state index is 0.137. The van der Waals surface area contributed by atoms with Crippen LogP contribution in [0.1, 0.15) is 6.92 Å². The van der Waals surface area contributed by atoms with Crippen LogP contribution in [0.4, 0.5) is 5.69 Å². The van der Waals surface area contributed by atoms with E-state index in [1.807, 2.05) is 0 Å². The molecule has 0 saturated carbocycles. The maximum Gasteiger partial charge on any atom is 0.241 e. The van der Waals surface area contributed by atoms with E-state index in [0.717, 1.165) is 0 Å². The van der Waals surface area contributed by atoms with Crippen LogP contribution in [-0.2, 0) is 16.1 Å². The Morgan fingerprint density at radius 3 is 2.86 bits per heavy atom. The third-order valence-electron chi connectivity index (χ3n) is 1.54. The molecule has 0 fully saturated rings. The van der Waals surface area contributed by atoms with Crippen LogP contribution in [0.25, 0.3) is 0 Å². The van der Waals surface area contributed by atoms with Crippen LogP contribution in [0, 0.1) is 0 Å². The molecule has 0 aliphatic rings. The number of rotatable bonds is 3. The Morgan fingerprint density at radius 2 is 2.29 bits per heavy atom. The average molecular weight is 196 g/mol. The number of hydrogen-bond acceptors (Lipinski definition) is 3. The van der Waals surface area contributed by atoms with Crippen LogP contribution in [0.2, 0.25) is 0 Å². The van der Waals surface area contributed by atoms with Crippen molar-refractivity contribution in [2.24, 2.45) is 0 Å². The van der Waals surface area contributed by atoms with Crippen LogP contribution in [0.3, 0.4) is 0 Å². The van der Waals surface area contributed by atoms with Crippen LogP contribution in [0.15, 0.2) is 12.4 Å². The molecule has 0 unspecified atom stereocenters. The molecular weight excluding hydrogens is 184 g/mol. The number of amides is 2. The van der Waals surface area contributed by atoms with Gasteiger partial charge in [0.05, 0.1) is 11.9 Å². The number of hydrogen-bond donors (Lipinski definition) is 2. The Morgan fingerprint density at radius 1 is 1.57 bits per heavy atom. The zero-order valence-electron chi connectivity index (χ0n) is 8.07. The van der Waals surface area contributed by atoms with E-state index in [0.29, 0.717) is 5.69 Å². The minimum atomic E-state index is -0.163. The van der Waals surface area contributed by atoms with E-state index in [4.69, 9.17) is 0 Å². The van der Waals surface area contributed by atoms with Crippen molar-refractivity contribution < 1.29 is 9.59 Å². The molecule has 76 valence electrons. The van der Waals surface area contributed by atoms with Gasteiger partial charge in [0.2, 0.25) is 11.8 Å². The summed E-state index contributed by atoms with van der Waals surface area (Å²) in [5.74, 6) is -0.299. The van der Waals surface area contributed by atoms with Crippen molar-refractivity contribution in [2.45, 2.75) is 13.5 Å². The lowest BCUT2D eigenvalue weighted by Crippen LogP contribution is -2.23. The van der Waals surface area contributed by atoms with Crippen molar-refractivity contribution in [3.8, 4) is 0 Å². The Balaban J connectivity index is 2.59. The summed E-state index contributed by atoms with van der Waals surface area (Å²) in [6.07, 6.45) is 3.08. The van der Waals surface area contributed by atoms with E-state index in [1.54, 1.807) is 13.2 Å². The number of nitrogens with one attached hydrogen (secondary N) is 2. The molecule has 1 rings (SSSR count). The van der Waals surface area contributed by atoms with E-state index in [1.165, 1.54) is 17.8 Å². The predicted octanol–water partition coefficient (Wildman–Crippen LogP) is -0.413. The molecule has 0 bridgehead atoms. The highest BCUT2D eigenvalue weighted by atomic mass is 16.2. The SMILES string of the molecule is CNC(=O)Cn1cc(NC(C)=O)cn1. The fraction of sp³-hybridized carbons (Fsp3) is 0.375. The summed E-state index contributed by atoms with van der Waals surface area (Å²) in [5, 5.41) is 8.94. The van der Waals surface area contributed by atoms with E-state index >= 15 is 0 Å². The van der Waals surface area contributed by atoms with Gasteiger partial charge in [0.25, 0.3) is 0 Å². The van der Waals surface area contributed by atoms with Crippen LogP contribution in [0.5, 0.6) is 0 Å². The fourth-order valence-corrected chi connectivity index (χ4v) is 0.944. The van der Waals surface area contributed by atoms with Gasteiger partial charge in [-0.2, -0.15) is 5.10 Å². The van der Waals surface area contributed by atoms with Crippen LogP contribution in [-0.4, -0.2) is 28.6 Å². The van der Waals surface area contributed by atoms with Gasteiger partial charge in [0, 0.05) is 20.2 Å². The van der Waals surface area contributed by atoms with Crippen LogP contribution < -0.4 is 10.6 Å². The molecule has 1 heterocycles. The Labute approximate surface area is 81.3 Å². The molecule has 2 N–H and O–H groups in total. The first kappa shape index (κ1) is 10.2. The van der Waals surface area contributed by atoms with Gasteiger partial charge >= 0.3 is 0 Å². The summed E-state index contributed by atoms with van der Waals surface area (Å²) in [7, 11) is 1.56. The van der Waals surface area contributed by atoms with E-state index in [-0.39, 0.29) is 18.4 Å². The molecule has 0 saturated heterocycles.